The minimum Gasteiger partial charge on any atom is -0.478 e. The Morgan fingerprint density at radius 2 is 1.54 bits per heavy atom. The van der Waals surface area contributed by atoms with Gasteiger partial charge in [-0.1, -0.05) is 89.9 Å². The number of nitrogens with zero attached hydrogens (tertiary/aromatic N) is 2. The van der Waals surface area contributed by atoms with Gasteiger partial charge in [0.05, 0.1) is 26.9 Å². The molecule has 0 bridgehead atoms. The van der Waals surface area contributed by atoms with Crippen LogP contribution in [0.25, 0.3) is 34.5 Å². The molecule has 4 aromatic carbocycles. The van der Waals surface area contributed by atoms with Crippen LogP contribution in [0.5, 0.6) is 0 Å². The number of alkyl halides is 3. The topological polar surface area (TPSA) is 55.1 Å². The quantitative estimate of drug-likeness (QED) is 0.205. The van der Waals surface area contributed by atoms with Gasteiger partial charge in [0.15, 0.2) is 0 Å². The Bertz CT molecular complexity index is 1750. The number of carboxylic acid groups (broad SMARTS) is 1. The maximum atomic E-state index is 14.1. The van der Waals surface area contributed by atoms with Crippen molar-refractivity contribution in [3.05, 3.63) is 135 Å². The fraction of sp³-hybridized carbons (Fsp3) is 0.0625. The average Bonchev–Trinajstić information content (AvgIpc) is 3.36. The van der Waals surface area contributed by atoms with Gasteiger partial charge in [0.25, 0.3) is 0 Å². The van der Waals surface area contributed by atoms with Gasteiger partial charge in [-0.25, -0.2) is 9.78 Å². The van der Waals surface area contributed by atoms with Gasteiger partial charge in [0.2, 0.25) is 0 Å². The van der Waals surface area contributed by atoms with Crippen molar-refractivity contribution in [2.75, 3.05) is 0 Å². The van der Waals surface area contributed by atoms with E-state index in [0.717, 1.165) is 11.6 Å². The van der Waals surface area contributed by atoms with E-state index in [1.165, 1.54) is 30.4 Å². The molecule has 0 amide bonds. The molecule has 0 aliphatic carbocycles. The number of carbonyl (C=O) groups is 1. The second-order valence-corrected chi connectivity index (χ2v) is 10.1. The number of imidazole rings is 1. The Morgan fingerprint density at radius 3 is 2.20 bits per heavy atom. The maximum absolute atomic E-state index is 14.1. The molecule has 5 rings (SSSR count). The monoisotopic (exact) mass is 592 g/mol. The minimum absolute atomic E-state index is 0.00590. The molecule has 9 heteroatoms. The van der Waals surface area contributed by atoms with E-state index in [2.05, 4.69) is 4.98 Å². The Hall–Kier alpha value is -4.33. The summed E-state index contributed by atoms with van der Waals surface area (Å²) in [6.07, 6.45) is 0.104. The molecule has 0 spiro atoms. The lowest BCUT2D eigenvalue weighted by Gasteiger charge is -2.13. The molecule has 41 heavy (non-hydrogen) atoms. The van der Waals surface area contributed by atoms with Gasteiger partial charge in [0, 0.05) is 18.3 Å². The van der Waals surface area contributed by atoms with E-state index in [1.54, 1.807) is 77.5 Å². The SMILES string of the molecule is O=C(O)c1ccc(Cn2cc(-c3ccc(Cl)c(Cl)c3)nc2/C=C/c2ccc(-c3ccccc3)cc2C(F)(F)F)cc1. The van der Waals surface area contributed by atoms with Gasteiger partial charge in [0.1, 0.15) is 5.82 Å². The number of hydrogen-bond donors (Lipinski definition) is 1. The number of aromatic nitrogens is 2. The Labute approximate surface area is 243 Å². The van der Waals surface area contributed by atoms with Crippen molar-refractivity contribution in [1.82, 2.24) is 9.55 Å². The number of benzene rings is 4. The molecule has 5 aromatic rings. The number of rotatable bonds is 7. The van der Waals surface area contributed by atoms with E-state index in [1.807, 2.05) is 0 Å². The van der Waals surface area contributed by atoms with Crippen LogP contribution in [-0.2, 0) is 12.7 Å². The van der Waals surface area contributed by atoms with Crippen LogP contribution in [0.4, 0.5) is 13.2 Å². The molecule has 0 saturated heterocycles. The molecule has 0 radical (unpaired) electrons. The van der Waals surface area contributed by atoms with E-state index < -0.39 is 17.7 Å². The summed E-state index contributed by atoms with van der Waals surface area (Å²) in [7, 11) is 0. The summed E-state index contributed by atoms with van der Waals surface area (Å²) >= 11 is 12.3. The van der Waals surface area contributed by atoms with E-state index in [4.69, 9.17) is 23.2 Å². The highest BCUT2D eigenvalue weighted by molar-refractivity contribution is 6.42. The smallest absolute Gasteiger partial charge is 0.417 e. The first kappa shape index (κ1) is 28.2. The van der Waals surface area contributed by atoms with Crippen molar-refractivity contribution >= 4 is 41.3 Å². The van der Waals surface area contributed by atoms with Gasteiger partial charge in [-0.3, -0.25) is 0 Å². The molecular formula is C32H21Cl2F3N2O2. The summed E-state index contributed by atoms with van der Waals surface area (Å²) in [5, 5.41) is 9.92. The lowest BCUT2D eigenvalue weighted by atomic mass is 9.98. The zero-order chi connectivity index (χ0) is 29.1. The van der Waals surface area contributed by atoms with Crippen LogP contribution in [0, 0.1) is 0 Å². The number of carboxylic acids is 1. The van der Waals surface area contributed by atoms with Crippen LogP contribution in [0.15, 0.2) is 97.2 Å². The molecule has 0 atom stereocenters. The molecular weight excluding hydrogens is 572 g/mol. The van der Waals surface area contributed by atoms with Crippen molar-refractivity contribution in [3.8, 4) is 22.4 Å². The van der Waals surface area contributed by atoms with Gasteiger partial charge in [-0.05, 0) is 58.7 Å². The zero-order valence-corrected chi connectivity index (χ0v) is 22.8. The lowest BCUT2D eigenvalue weighted by Crippen LogP contribution is -2.07. The van der Waals surface area contributed by atoms with Crippen LogP contribution in [0.3, 0.4) is 0 Å². The summed E-state index contributed by atoms with van der Waals surface area (Å²) in [5.41, 5.74) is 2.53. The maximum Gasteiger partial charge on any atom is 0.417 e. The highest BCUT2D eigenvalue weighted by atomic mass is 35.5. The van der Waals surface area contributed by atoms with Crippen LogP contribution >= 0.6 is 23.2 Å². The first-order chi connectivity index (χ1) is 19.6. The van der Waals surface area contributed by atoms with Crippen molar-refractivity contribution in [2.24, 2.45) is 0 Å². The van der Waals surface area contributed by atoms with Gasteiger partial charge < -0.3 is 9.67 Å². The molecule has 0 fully saturated rings. The van der Waals surface area contributed by atoms with Crippen molar-refractivity contribution in [2.45, 2.75) is 12.7 Å². The summed E-state index contributed by atoms with van der Waals surface area (Å²) < 4.78 is 44.1. The van der Waals surface area contributed by atoms with Crippen LogP contribution in [0.2, 0.25) is 10.0 Å². The van der Waals surface area contributed by atoms with Crippen molar-refractivity contribution in [1.29, 1.82) is 0 Å². The van der Waals surface area contributed by atoms with E-state index in [0.29, 0.717) is 44.8 Å². The largest absolute Gasteiger partial charge is 0.478 e. The fourth-order valence-corrected chi connectivity index (χ4v) is 4.65. The molecule has 0 aliphatic rings. The van der Waals surface area contributed by atoms with Crippen LogP contribution in [0.1, 0.15) is 32.9 Å². The summed E-state index contributed by atoms with van der Waals surface area (Å²) in [5.74, 6) is -0.642. The molecule has 1 heterocycles. The molecule has 206 valence electrons. The van der Waals surface area contributed by atoms with Crippen LogP contribution in [-0.4, -0.2) is 20.6 Å². The molecule has 0 saturated carbocycles. The second-order valence-electron chi connectivity index (χ2n) is 9.24. The van der Waals surface area contributed by atoms with Gasteiger partial charge >= 0.3 is 12.1 Å². The molecule has 1 aromatic heterocycles. The Kier molecular flexibility index (Phi) is 8.01. The standard InChI is InChI=1S/C32H21Cl2F3N2O2/c33-27-14-12-25(17-28(27)34)29-19-39(18-20-6-8-23(9-7-20)31(40)41)30(38-29)15-13-22-10-11-24(16-26(22)32(35,36)37)21-4-2-1-3-5-21/h1-17,19H,18H2,(H,40,41)/b15-13+. The summed E-state index contributed by atoms with van der Waals surface area (Å²) in [6.45, 7) is 0.299. The van der Waals surface area contributed by atoms with E-state index >= 15 is 0 Å². The fourth-order valence-electron chi connectivity index (χ4n) is 4.36. The summed E-state index contributed by atoms with van der Waals surface area (Å²) in [6, 6.07) is 24.5. The Balaban J connectivity index is 1.55. The van der Waals surface area contributed by atoms with Gasteiger partial charge in [-0.2, -0.15) is 13.2 Å². The first-order valence-electron chi connectivity index (χ1n) is 12.4. The van der Waals surface area contributed by atoms with Crippen molar-refractivity contribution in [3.63, 3.8) is 0 Å². The predicted octanol–water partition coefficient (Wildman–Crippen LogP) is 9.46. The third kappa shape index (κ3) is 6.53. The van der Waals surface area contributed by atoms with Crippen molar-refractivity contribution < 1.29 is 23.1 Å². The summed E-state index contributed by atoms with van der Waals surface area (Å²) in [4.78, 5) is 15.9. The minimum atomic E-state index is -4.57. The third-order valence-electron chi connectivity index (χ3n) is 6.45. The zero-order valence-electron chi connectivity index (χ0n) is 21.2. The number of halogens is 5. The predicted molar refractivity (Wildman–Crippen MR) is 156 cm³/mol. The van der Waals surface area contributed by atoms with E-state index in [-0.39, 0.29) is 11.1 Å². The number of aromatic carboxylic acids is 1. The first-order valence-corrected chi connectivity index (χ1v) is 13.1. The third-order valence-corrected chi connectivity index (χ3v) is 7.19. The second kappa shape index (κ2) is 11.6. The Morgan fingerprint density at radius 1 is 0.829 bits per heavy atom. The average molecular weight is 593 g/mol. The molecule has 4 nitrogen and oxygen atoms in total. The molecule has 0 aliphatic heterocycles. The van der Waals surface area contributed by atoms with E-state index in [9.17, 15) is 23.1 Å². The highest BCUT2D eigenvalue weighted by Crippen LogP contribution is 2.36. The van der Waals surface area contributed by atoms with Gasteiger partial charge in [-0.15, -0.1) is 0 Å². The molecule has 1 N–H and O–H groups in total. The van der Waals surface area contributed by atoms with Crippen LogP contribution < -0.4 is 0 Å². The molecule has 0 unspecified atom stereocenters. The number of hydrogen-bond acceptors (Lipinski definition) is 2. The lowest BCUT2D eigenvalue weighted by molar-refractivity contribution is -0.137. The normalized spacial score (nSPS) is 11.7. The highest BCUT2D eigenvalue weighted by Gasteiger charge is 2.33.